The van der Waals surface area contributed by atoms with Crippen LogP contribution in [-0.2, 0) is 32.7 Å². The zero-order valence-electron chi connectivity index (χ0n) is 66.2. The lowest BCUT2D eigenvalue weighted by Crippen LogP contribution is -2.37. The molecular formula is C92H154NO8P. The number of ether oxygens (including phenoxy) is 2. The quantitative estimate of drug-likeness (QED) is 0.0195. The summed E-state index contributed by atoms with van der Waals surface area (Å²) in [5.41, 5.74) is 0. The Kier molecular flexibility index (Phi) is 76.4. The number of unbranched alkanes of at least 4 members (excludes halogenated alkanes) is 31. The van der Waals surface area contributed by atoms with Gasteiger partial charge in [-0.2, -0.15) is 0 Å². The minimum Gasteiger partial charge on any atom is -0.756 e. The SMILES string of the molecule is CC/C=C\C/C=C\C/C=C\C/C=C\C/C=C\C/C=C\C/C=C\C/C=C\C/C=C\C/C=C\C/C=C\CCCCCCCCCC(=O)OC(COC(=O)CCCCCCCCCCCCCCCCCCCCCCCCCC/C=C\C/C=C\C/C=C\C/C=C\CC)COP(=O)([O-])OCC[N+](C)(C)C. The Bertz CT molecular complexity index is 2390. The van der Waals surface area contributed by atoms with Gasteiger partial charge in [0.1, 0.15) is 19.8 Å². The first-order chi connectivity index (χ1) is 50.0. The average molecular weight is 1430 g/mol. The minimum atomic E-state index is -4.66. The molecule has 102 heavy (non-hydrogen) atoms. The summed E-state index contributed by atoms with van der Waals surface area (Å²) in [6.45, 7) is 4.02. The number of carbonyl (C=O) groups excluding carboxylic acids is 2. The molecule has 0 spiro atoms. The molecule has 0 rings (SSSR count). The van der Waals surface area contributed by atoms with Gasteiger partial charge in [-0.1, -0.05) is 369 Å². The van der Waals surface area contributed by atoms with Crippen LogP contribution in [0.4, 0.5) is 0 Å². The Morgan fingerprint density at radius 1 is 0.304 bits per heavy atom. The van der Waals surface area contributed by atoms with E-state index in [0.29, 0.717) is 17.4 Å². The molecule has 0 aliphatic carbocycles. The summed E-state index contributed by atoms with van der Waals surface area (Å²) >= 11 is 0. The Morgan fingerprint density at radius 3 is 0.784 bits per heavy atom. The van der Waals surface area contributed by atoms with E-state index in [0.717, 1.165) is 148 Å². The van der Waals surface area contributed by atoms with Gasteiger partial charge in [0.25, 0.3) is 7.82 Å². The highest BCUT2D eigenvalue weighted by atomic mass is 31.2. The summed E-state index contributed by atoms with van der Waals surface area (Å²) in [5, 5.41) is 0. The third-order valence-corrected chi connectivity index (χ3v) is 18.4. The van der Waals surface area contributed by atoms with Crippen LogP contribution in [0.2, 0.25) is 0 Å². The molecule has 10 heteroatoms. The summed E-state index contributed by atoms with van der Waals surface area (Å²) in [5.74, 6) is -0.844. The van der Waals surface area contributed by atoms with Crippen LogP contribution < -0.4 is 4.89 Å². The second kappa shape index (κ2) is 80.2. The number of hydrogen-bond acceptors (Lipinski definition) is 8. The van der Waals surface area contributed by atoms with Gasteiger partial charge in [-0.25, -0.2) is 0 Å². The number of phosphoric ester groups is 1. The zero-order valence-corrected chi connectivity index (χ0v) is 67.1. The second-order valence-electron chi connectivity index (χ2n) is 28.4. The number of esters is 2. The van der Waals surface area contributed by atoms with E-state index in [1.54, 1.807) is 0 Å². The standard InChI is InChI=1S/C92H154NO8P/c1-6-8-10-12-14-16-18-20-22-24-26-28-30-32-34-36-38-40-42-44-45-46-47-49-51-53-55-57-59-61-63-65-67-69-71-73-75-77-79-81-83-85-92(95)101-90(89-100-102(96,97)99-87-86-93(3,4)5)88-98-91(94)84-82-80-78-76-74-72-70-68-66-64-62-60-58-56-54-52-50-48-43-41-39-37-35-33-31-29-27-25-23-21-19-17-15-13-11-9-7-2/h8-11,14-17,20-23,26-29,32,34,38,40,44-45,47,49,53,55,59,61,65,67,90H,6-7,12-13,18-19,24-25,30-31,33,35-37,39,41-43,46,48,50-52,54,56-58,60,62-64,66,68-89H2,1-5H3/b10-8-,11-9-,16-14-,17-15-,22-20-,23-21-,28-26-,29-27-,34-32-,40-38-,45-44-,49-47-,55-53-,61-59-,67-65-. The van der Waals surface area contributed by atoms with Gasteiger partial charge in [0.15, 0.2) is 6.10 Å². The molecule has 0 aliphatic heterocycles. The number of likely N-dealkylation sites (N-methyl/N-ethyl adjacent to an activating group) is 1. The van der Waals surface area contributed by atoms with Crippen LogP contribution in [0.15, 0.2) is 182 Å². The smallest absolute Gasteiger partial charge is 0.306 e. The van der Waals surface area contributed by atoms with Crippen molar-refractivity contribution in [3.05, 3.63) is 182 Å². The van der Waals surface area contributed by atoms with Crippen molar-refractivity contribution in [1.82, 2.24) is 0 Å². The maximum atomic E-state index is 12.9. The van der Waals surface area contributed by atoms with Gasteiger partial charge in [0, 0.05) is 12.8 Å². The van der Waals surface area contributed by atoms with E-state index in [4.69, 9.17) is 18.5 Å². The Balaban J connectivity index is 4.03. The largest absolute Gasteiger partial charge is 0.756 e. The number of nitrogens with zero attached hydrogens (tertiary/aromatic N) is 1. The highest BCUT2D eigenvalue weighted by Gasteiger charge is 2.22. The lowest BCUT2D eigenvalue weighted by atomic mass is 10.0. The lowest BCUT2D eigenvalue weighted by molar-refractivity contribution is -0.870. The topological polar surface area (TPSA) is 111 Å². The molecule has 0 fully saturated rings. The highest BCUT2D eigenvalue weighted by molar-refractivity contribution is 7.45. The molecule has 580 valence electrons. The van der Waals surface area contributed by atoms with Crippen LogP contribution in [-0.4, -0.2) is 70.0 Å². The fraction of sp³-hybridized carbons (Fsp3) is 0.652. The Morgan fingerprint density at radius 2 is 0.529 bits per heavy atom. The molecule has 2 atom stereocenters. The molecule has 0 amide bonds. The number of hydrogen-bond donors (Lipinski definition) is 0. The number of carbonyl (C=O) groups is 2. The van der Waals surface area contributed by atoms with Gasteiger partial charge in [-0.05, 0) is 135 Å². The van der Waals surface area contributed by atoms with Crippen LogP contribution in [0.5, 0.6) is 0 Å². The van der Waals surface area contributed by atoms with Crippen LogP contribution in [0.3, 0.4) is 0 Å². The van der Waals surface area contributed by atoms with Crippen molar-refractivity contribution in [3.63, 3.8) is 0 Å². The summed E-state index contributed by atoms with van der Waals surface area (Å²) in [4.78, 5) is 38.2. The fourth-order valence-electron chi connectivity index (χ4n) is 11.2. The first-order valence-corrected chi connectivity index (χ1v) is 43.0. The zero-order chi connectivity index (χ0) is 74.0. The highest BCUT2D eigenvalue weighted by Crippen LogP contribution is 2.38. The van der Waals surface area contributed by atoms with E-state index >= 15 is 0 Å². The third kappa shape index (κ3) is 84.1. The lowest BCUT2D eigenvalue weighted by Gasteiger charge is -2.28. The molecule has 0 bridgehead atoms. The summed E-state index contributed by atoms with van der Waals surface area (Å²) in [6, 6.07) is 0. The predicted octanol–water partition coefficient (Wildman–Crippen LogP) is 27.5. The van der Waals surface area contributed by atoms with Crippen molar-refractivity contribution >= 4 is 19.8 Å². The number of quaternary nitrogens is 1. The summed E-state index contributed by atoms with van der Waals surface area (Å²) in [6.07, 6.45) is 123. The van der Waals surface area contributed by atoms with Crippen molar-refractivity contribution < 1.29 is 42.1 Å². The molecule has 0 aromatic carbocycles. The van der Waals surface area contributed by atoms with Crippen LogP contribution in [0.1, 0.15) is 335 Å². The van der Waals surface area contributed by atoms with Gasteiger partial charge < -0.3 is 27.9 Å². The molecule has 0 N–H and O–H groups in total. The predicted molar refractivity (Wildman–Crippen MR) is 443 cm³/mol. The molecule has 0 heterocycles. The molecule has 0 saturated heterocycles. The molecule has 9 nitrogen and oxygen atoms in total. The number of rotatable bonds is 75. The van der Waals surface area contributed by atoms with Crippen LogP contribution in [0, 0.1) is 0 Å². The first kappa shape index (κ1) is 97.1. The number of allylic oxidation sites excluding steroid dienone is 30. The normalized spacial score (nSPS) is 14.0. The first-order valence-electron chi connectivity index (χ1n) is 41.5. The molecule has 2 unspecified atom stereocenters. The molecule has 0 aliphatic rings. The molecule has 0 aromatic rings. The Labute approximate surface area is 629 Å². The summed E-state index contributed by atoms with van der Waals surface area (Å²) in [7, 11) is 1.15. The van der Waals surface area contributed by atoms with E-state index < -0.39 is 26.5 Å². The van der Waals surface area contributed by atoms with Gasteiger partial charge >= 0.3 is 11.9 Å². The van der Waals surface area contributed by atoms with Crippen molar-refractivity contribution in [2.45, 2.75) is 341 Å². The molecule has 0 radical (unpaired) electrons. The average Bonchev–Trinajstić information content (AvgIpc) is 0.916. The van der Waals surface area contributed by atoms with E-state index in [2.05, 4.69) is 196 Å². The van der Waals surface area contributed by atoms with E-state index in [1.807, 2.05) is 21.1 Å². The van der Waals surface area contributed by atoms with E-state index in [1.165, 1.54) is 154 Å². The molecular weight excluding hydrogens is 1280 g/mol. The van der Waals surface area contributed by atoms with Crippen LogP contribution in [0.25, 0.3) is 0 Å². The van der Waals surface area contributed by atoms with E-state index in [-0.39, 0.29) is 32.0 Å². The van der Waals surface area contributed by atoms with Gasteiger partial charge in [0.05, 0.1) is 27.7 Å². The summed E-state index contributed by atoms with van der Waals surface area (Å²) < 4.78 is 34.4. The monoisotopic (exact) mass is 1430 g/mol. The second-order valence-corrected chi connectivity index (χ2v) is 29.8. The van der Waals surface area contributed by atoms with Gasteiger partial charge in [-0.3, -0.25) is 14.2 Å². The van der Waals surface area contributed by atoms with Crippen molar-refractivity contribution in [3.8, 4) is 0 Å². The third-order valence-electron chi connectivity index (χ3n) is 17.4. The number of phosphoric acid groups is 1. The van der Waals surface area contributed by atoms with E-state index in [9.17, 15) is 19.0 Å². The van der Waals surface area contributed by atoms with Crippen molar-refractivity contribution in [2.75, 3.05) is 47.5 Å². The van der Waals surface area contributed by atoms with Crippen molar-refractivity contribution in [2.24, 2.45) is 0 Å². The van der Waals surface area contributed by atoms with Gasteiger partial charge in [0.2, 0.25) is 0 Å². The van der Waals surface area contributed by atoms with Crippen LogP contribution >= 0.6 is 7.82 Å². The molecule has 0 saturated carbocycles. The van der Waals surface area contributed by atoms with Crippen molar-refractivity contribution in [1.29, 1.82) is 0 Å². The maximum absolute atomic E-state index is 12.9. The minimum absolute atomic E-state index is 0.0398. The van der Waals surface area contributed by atoms with Gasteiger partial charge in [-0.15, -0.1) is 0 Å². The fourth-order valence-corrected chi connectivity index (χ4v) is 11.9. The maximum Gasteiger partial charge on any atom is 0.306 e. The Hall–Kier alpha value is -4.89. The molecule has 0 aromatic heterocycles.